The number of piperazine rings is 1. The predicted octanol–water partition coefficient (Wildman–Crippen LogP) is 3.20. The van der Waals surface area contributed by atoms with Crippen LogP contribution in [0.25, 0.3) is 0 Å². The van der Waals surface area contributed by atoms with Crippen molar-refractivity contribution in [3.63, 3.8) is 0 Å². The minimum absolute atomic E-state index is 0.225. The number of ether oxygens (including phenoxy) is 2. The summed E-state index contributed by atoms with van der Waals surface area (Å²) in [5, 5.41) is 3.16. The zero-order chi connectivity index (χ0) is 24.8. The largest absolute Gasteiger partial charge is 0.491 e. The van der Waals surface area contributed by atoms with Crippen LogP contribution in [0.3, 0.4) is 0 Å². The highest BCUT2D eigenvalue weighted by Crippen LogP contribution is 2.23. The van der Waals surface area contributed by atoms with Crippen LogP contribution in [0, 0.1) is 12.7 Å². The summed E-state index contributed by atoms with van der Waals surface area (Å²) >= 11 is 0. The van der Waals surface area contributed by atoms with Crippen LogP contribution < -0.4 is 15.0 Å². The quantitative estimate of drug-likeness (QED) is 0.447. The van der Waals surface area contributed by atoms with Crippen LogP contribution in [0.2, 0.25) is 0 Å². The van der Waals surface area contributed by atoms with E-state index in [-0.39, 0.29) is 10.7 Å². The van der Waals surface area contributed by atoms with Gasteiger partial charge in [-0.05, 0) is 55.5 Å². The first-order valence-corrected chi connectivity index (χ1v) is 12.6. The molecule has 0 radical (unpaired) electrons. The fourth-order valence-corrected chi connectivity index (χ4v) is 5.09. The molecule has 1 aliphatic rings. The van der Waals surface area contributed by atoms with E-state index in [1.807, 2.05) is 11.8 Å². The van der Waals surface area contributed by atoms with Crippen LogP contribution in [0.15, 0.2) is 59.5 Å². The lowest BCUT2D eigenvalue weighted by Gasteiger charge is -2.34. The highest BCUT2D eigenvalue weighted by Gasteiger charge is 2.29. The van der Waals surface area contributed by atoms with Crippen LogP contribution in [-0.4, -0.2) is 69.2 Å². The summed E-state index contributed by atoms with van der Waals surface area (Å²) in [7, 11) is -2.04. The number of methoxy groups -OCH3 is 1. The fourth-order valence-electron chi connectivity index (χ4n) is 3.67. The van der Waals surface area contributed by atoms with Crippen molar-refractivity contribution in [3.05, 3.63) is 66.1 Å². The van der Waals surface area contributed by atoms with Gasteiger partial charge in [-0.25, -0.2) is 17.8 Å². The van der Waals surface area contributed by atoms with Gasteiger partial charge in [0.1, 0.15) is 24.0 Å². The molecule has 35 heavy (non-hydrogen) atoms. The van der Waals surface area contributed by atoms with Crippen molar-refractivity contribution >= 4 is 27.5 Å². The van der Waals surface area contributed by atoms with Crippen molar-refractivity contribution in [1.29, 1.82) is 0 Å². The maximum absolute atomic E-state index is 13.2. The summed E-state index contributed by atoms with van der Waals surface area (Å²) in [5.41, 5.74) is 1.48. The Bertz CT molecular complexity index is 1230. The molecule has 0 spiro atoms. The number of sulfonamides is 1. The Morgan fingerprint density at radius 1 is 0.971 bits per heavy atom. The number of nitrogens with one attached hydrogen (secondary N) is 1. The van der Waals surface area contributed by atoms with E-state index in [9.17, 15) is 12.8 Å². The topological polar surface area (TPSA) is 96.9 Å². The molecular weight excluding hydrogens is 473 g/mol. The standard InChI is InChI=1S/C24H28FN5O4S/c1-18-17-23(27-20-5-3-19(25)4-6-20)28-24(26-18)29-11-13-30(14-12-29)35(31,32)22-9-7-21(8-10-22)34-16-15-33-2/h3-10,17H,11-16H2,1-2H3,(H,26,27,28). The third-order valence-corrected chi connectivity index (χ3v) is 7.41. The van der Waals surface area contributed by atoms with Gasteiger partial charge in [0.05, 0.1) is 11.5 Å². The molecule has 1 N–H and O–H groups in total. The molecule has 4 rings (SSSR count). The van der Waals surface area contributed by atoms with E-state index in [1.165, 1.54) is 16.4 Å². The van der Waals surface area contributed by atoms with Crippen molar-refractivity contribution in [2.75, 3.05) is 56.7 Å². The monoisotopic (exact) mass is 501 g/mol. The number of anilines is 3. The lowest BCUT2D eigenvalue weighted by molar-refractivity contribution is 0.146. The second-order valence-corrected chi connectivity index (χ2v) is 9.97. The average Bonchev–Trinajstić information content (AvgIpc) is 2.86. The predicted molar refractivity (Wildman–Crippen MR) is 131 cm³/mol. The summed E-state index contributed by atoms with van der Waals surface area (Å²) in [6.45, 7) is 4.25. The molecule has 0 saturated carbocycles. The van der Waals surface area contributed by atoms with Crippen LogP contribution >= 0.6 is 0 Å². The second kappa shape index (κ2) is 11.0. The molecule has 9 nitrogen and oxygen atoms in total. The number of benzene rings is 2. The number of halogens is 1. The summed E-state index contributed by atoms with van der Waals surface area (Å²) < 4.78 is 51.3. The van der Waals surface area contributed by atoms with Gasteiger partial charge in [0.25, 0.3) is 0 Å². The second-order valence-electron chi connectivity index (χ2n) is 8.03. The molecule has 3 aromatic rings. The minimum atomic E-state index is -3.63. The molecule has 0 aliphatic carbocycles. The molecule has 0 amide bonds. The number of nitrogens with zero attached hydrogens (tertiary/aromatic N) is 4. The van der Waals surface area contributed by atoms with Crippen LogP contribution in [0.1, 0.15) is 5.69 Å². The van der Waals surface area contributed by atoms with Gasteiger partial charge in [-0.1, -0.05) is 0 Å². The minimum Gasteiger partial charge on any atom is -0.491 e. The van der Waals surface area contributed by atoms with Gasteiger partial charge in [-0.3, -0.25) is 0 Å². The van der Waals surface area contributed by atoms with Gasteiger partial charge < -0.3 is 19.7 Å². The fraction of sp³-hybridized carbons (Fsp3) is 0.333. The van der Waals surface area contributed by atoms with E-state index in [1.54, 1.807) is 49.6 Å². The van der Waals surface area contributed by atoms with Crippen molar-refractivity contribution in [1.82, 2.24) is 14.3 Å². The molecule has 2 aromatic carbocycles. The first kappa shape index (κ1) is 24.8. The van der Waals surface area contributed by atoms with E-state index in [0.717, 1.165) is 5.69 Å². The molecule has 11 heteroatoms. The molecule has 1 aliphatic heterocycles. The number of hydrogen-bond donors (Lipinski definition) is 1. The van der Waals surface area contributed by atoms with E-state index in [4.69, 9.17) is 9.47 Å². The Morgan fingerprint density at radius 3 is 2.31 bits per heavy atom. The van der Waals surface area contributed by atoms with Gasteiger partial charge in [0.2, 0.25) is 16.0 Å². The van der Waals surface area contributed by atoms with Crippen molar-refractivity contribution in [2.45, 2.75) is 11.8 Å². The zero-order valence-electron chi connectivity index (χ0n) is 19.6. The maximum atomic E-state index is 13.2. The Morgan fingerprint density at radius 2 is 1.66 bits per heavy atom. The highest BCUT2D eigenvalue weighted by atomic mass is 32.2. The summed E-state index contributed by atoms with van der Waals surface area (Å²) in [4.78, 5) is 11.3. The lowest BCUT2D eigenvalue weighted by atomic mass is 10.3. The van der Waals surface area contributed by atoms with Gasteiger partial charge >= 0.3 is 0 Å². The van der Waals surface area contributed by atoms with Crippen LogP contribution in [-0.2, 0) is 14.8 Å². The third kappa shape index (κ3) is 6.24. The summed E-state index contributed by atoms with van der Waals surface area (Å²) in [6, 6.07) is 14.2. The van der Waals surface area contributed by atoms with Crippen molar-refractivity contribution in [3.8, 4) is 5.75 Å². The number of aryl methyl sites for hydroxylation is 1. The van der Waals surface area contributed by atoms with E-state index in [2.05, 4.69) is 15.3 Å². The Kier molecular flexibility index (Phi) is 7.79. The number of aromatic nitrogens is 2. The number of rotatable bonds is 9. The molecular formula is C24H28FN5O4S. The molecule has 0 atom stereocenters. The van der Waals surface area contributed by atoms with Crippen molar-refractivity contribution in [2.24, 2.45) is 0 Å². The maximum Gasteiger partial charge on any atom is 0.243 e. The Hall–Kier alpha value is -3.28. The van der Waals surface area contributed by atoms with Gasteiger partial charge in [0, 0.05) is 50.7 Å². The molecule has 0 bridgehead atoms. The van der Waals surface area contributed by atoms with Gasteiger partial charge in [-0.2, -0.15) is 9.29 Å². The normalized spacial score (nSPS) is 14.7. The van der Waals surface area contributed by atoms with Gasteiger partial charge in [0.15, 0.2) is 0 Å². The van der Waals surface area contributed by atoms with Crippen LogP contribution in [0.4, 0.5) is 21.8 Å². The third-order valence-electron chi connectivity index (χ3n) is 5.50. The van der Waals surface area contributed by atoms with Gasteiger partial charge in [-0.15, -0.1) is 0 Å². The first-order chi connectivity index (χ1) is 16.8. The van der Waals surface area contributed by atoms with E-state index in [0.29, 0.717) is 62.6 Å². The molecule has 2 heterocycles. The number of hydrogen-bond acceptors (Lipinski definition) is 8. The van der Waals surface area contributed by atoms with E-state index < -0.39 is 10.0 Å². The Balaban J connectivity index is 1.40. The van der Waals surface area contributed by atoms with E-state index >= 15 is 0 Å². The lowest BCUT2D eigenvalue weighted by Crippen LogP contribution is -2.49. The summed E-state index contributed by atoms with van der Waals surface area (Å²) in [5.74, 6) is 1.38. The highest BCUT2D eigenvalue weighted by molar-refractivity contribution is 7.89. The smallest absolute Gasteiger partial charge is 0.243 e. The molecule has 1 saturated heterocycles. The summed E-state index contributed by atoms with van der Waals surface area (Å²) in [6.07, 6.45) is 0. The SMILES string of the molecule is COCCOc1ccc(S(=O)(=O)N2CCN(c3nc(C)cc(Nc4ccc(F)cc4)n3)CC2)cc1. The zero-order valence-corrected chi connectivity index (χ0v) is 20.5. The molecule has 186 valence electrons. The molecule has 0 unspecified atom stereocenters. The Labute approximate surface area is 204 Å². The average molecular weight is 502 g/mol. The van der Waals surface area contributed by atoms with Crippen LogP contribution in [0.5, 0.6) is 5.75 Å². The first-order valence-electron chi connectivity index (χ1n) is 11.2. The molecule has 1 fully saturated rings. The van der Waals surface area contributed by atoms with Crippen molar-refractivity contribution < 1.29 is 22.3 Å². The molecule has 1 aromatic heterocycles.